The highest BCUT2D eigenvalue weighted by molar-refractivity contribution is 7.95. The monoisotopic (exact) mass is 1080 g/mol. The van der Waals surface area contributed by atoms with Crippen molar-refractivity contribution in [2.45, 2.75) is 24.5 Å². The lowest BCUT2D eigenvalue weighted by Gasteiger charge is -2.14. The Morgan fingerprint density at radius 3 is 1.83 bits per heavy atom. The average molecular weight is 1090 g/mol. The number of phenols is 1. The highest BCUT2D eigenvalue weighted by Crippen LogP contribution is 2.49. The number of hydrogen-bond donors (Lipinski definition) is 9. The molecule has 0 aliphatic heterocycles. The molecule has 0 spiro atoms. The normalized spacial score (nSPS) is 12.7. The van der Waals surface area contributed by atoms with E-state index in [-0.39, 0.29) is 50.9 Å². The number of nitrogens with zero attached hydrogens (tertiary/aromatic N) is 6. The van der Waals surface area contributed by atoms with E-state index in [1.54, 1.807) is 12.1 Å². The molecule has 0 unspecified atom stereocenters. The summed E-state index contributed by atoms with van der Waals surface area (Å²) >= 11 is 0.275. The zero-order chi connectivity index (χ0) is 51.0. The zero-order valence-corrected chi connectivity index (χ0v) is 39.5. The van der Waals surface area contributed by atoms with Crippen LogP contribution in [0, 0.1) is 0 Å². The molecule has 28 nitrogen and oxygen atoms in total. The fourth-order valence-corrected chi connectivity index (χ4v) is 10.2. The van der Waals surface area contributed by atoms with Gasteiger partial charge in [0.25, 0.3) is 30.3 Å². The van der Waals surface area contributed by atoms with Crippen LogP contribution < -0.4 is 21.9 Å². The Morgan fingerprint density at radius 2 is 1.20 bits per heavy atom. The van der Waals surface area contributed by atoms with Crippen molar-refractivity contribution in [1.82, 2.24) is 0 Å². The molecule has 0 saturated heterocycles. The van der Waals surface area contributed by atoms with Gasteiger partial charge in [0.1, 0.15) is 32.5 Å². The number of rotatable bonds is 21. The largest absolute Gasteiger partial charge is 0.505 e. The molecule has 0 aliphatic carbocycles. The minimum atomic E-state index is -5.26. The Balaban J connectivity index is 1.30. The Kier molecular flexibility index (Phi) is 16.7. The molecule has 6 rings (SSSR count). The second kappa shape index (κ2) is 22.1. The van der Waals surface area contributed by atoms with Crippen LogP contribution in [0.2, 0.25) is 0 Å². The van der Waals surface area contributed by atoms with Gasteiger partial charge in [0.05, 0.1) is 62.3 Å². The molecule has 70 heavy (non-hydrogen) atoms. The Hall–Kier alpha value is -6.48. The second-order valence-corrected chi connectivity index (χ2v) is 21.3. The lowest BCUT2D eigenvalue weighted by atomic mass is 10.0. The third kappa shape index (κ3) is 13.0. The van der Waals surface area contributed by atoms with E-state index in [0.29, 0.717) is 28.8 Å². The quantitative estimate of drug-likeness (QED) is 0.00626. The van der Waals surface area contributed by atoms with E-state index in [1.165, 1.54) is 42.5 Å². The number of nitrogen functional groups attached to an aromatic ring is 3. The molecule has 0 aromatic heterocycles. The first-order valence-electron chi connectivity index (χ1n) is 18.5. The van der Waals surface area contributed by atoms with E-state index in [1.807, 2.05) is 0 Å². The predicted molar refractivity (Wildman–Crippen MR) is 249 cm³/mol. The van der Waals surface area contributed by atoms with Crippen molar-refractivity contribution in [3.05, 3.63) is 97.1 Å². The summed E-state index contributed by atoms with van der Waals surface area (Å²) in [6.07, 6.45) is 0. The fourth-order valence-electron chi connectivity index (χ4n) is 5.80. The molecule has 0 fully saturated rings. The summed E-state index contributed by atoms with van der Waals surface area (Å²) in [6.45, 7) is -0.538. The number of anilines is 4. The highest BCUT2D eigenvalue weighted by atomic mass is 32.2. The van der Waals surface area contributed by atoms with Crippen LogP contribution in [0.1, 0.15) is 0 Å². The fraction of sp³-hybridized carbons (Fsp3) is 0.0556. The van der Waals surface area contributed by atoms with E-state index in [9.17, 15) is 47.9 Å². The Labute approximate surface area is 403 Å². The number of phenolic OH excluding ortho intramolecular Hbond substituents is 1. The van der Waals surface area contributed by atoms with E-state index in [2.05, 4.69) is 54.2 Å². The van der Waals surface area contributed by atoms with Gasteiger partial charge in [0.2, 0.25) is 0 Å². The summed E-state index contributed by atoms with van der Waals surface area (Å²) < 4.78 is 138. The molecular formula is C36H32N10O18S6. The van der Waals surface area contributed by atoms with Crippen molar-refractivity contribution < 1.29 is 81.3 Å². The SMILES string of the molecule is Nc1ccc(N=Nc2ccc(NS(=O)(=O)c3ccc(N=Nc4c(S(=O)(=O)O)cc5c(SOOO)cc(N=Nc6ccc(S(=O)(=O)CCOSOOO)cc6S(=O)(=O)O)c(N)c5c4O)cc3)cc2)c(N)c1. The van der Waals surface area contributed by atoms with Crippen molar-refractivity contribution in [3.63, 3.8) is 0 Å². The molecule has 0 saturated carbocycles. The number of hydrogen-bond acceptors (Lipinski definition) is 27. The minimum absolute atomic E-state index is 0.0892. The van der Waals surface area contributed by atoms with Crippen LogP contribution in [0.5, 0.6) is 5.75 Å². The van der Waals surface area contributed by atoms with Gasteiger partial charge in [0, 0.05) is 21.7 Å². The first-order chi connectivity index (χ1) is 33.0. The second-order valence-electron chi connectivity index (χ2n) is 13.5. The lowest BCUT2D eigenvalue weighted by molar-refractivity contribution is -0.434. The summed E-state index contributed by atoms with van der Waals surface area (Å²) in [6, 6.07) is 19.3. The van der Waals surface area contributed by atoms with Crippen molar-refractivity contribution in [2.75, 3.05) is 34.3 Å². The molecule has 12 N–H and O–H groups in total. The zero-order valence-electron chi connectivity index (χ0n) is 34.6. The summed E-state index contributed by atoms with van der Waals surface area (Å²) in [4.78, 5) is -3.21. The summed E-state index contributed by atoms with van der Waals surface area (Å²) in [5, 5.41) is 58.3. The average Bonchev–Trinajstić information content (AvgIpc) is 3.30. The van der Waals surface area contributed by atoms with Gasteiger partial charge in [0.15, 0.2) is 27.9 Å². The topological polar surface area (TPSA) is 448 Å². The van der Waals surface area contributed by atoms with Crippen molar-refractivity contribution >= 4 is 132 Å². The minimum Gasteiger partial charge on any atom is -0.505 e. The van der Waals surface area contributed by atoms with Crippen LogP contribution in [-0.4, -0.2) is 70.8 Å². The predicted octanol–water partition coefficient (Wildman–Crippen LogP) is 8.04. The lowest BCUT2D eigenvalue weighted by Crippen LogP contribution is -2.12. The van der Waals surface area contributed by atoms with Crippen LogP contribution in [0.15, 0.2) is 152 Å². The number of nitrogens with one attached hydrogen (secondary N) is 1. The number of sulfonamides is 1. The molecule has 370 valence electrons. The number of fused-ring (bicyclic) bond motifs is 1. The van der Waals surface area contributed by atoms with Gasteiger partial charge in [-0.25, -0.2) is 27.4 Å². The van der Waals surface area contributed by atoms with Gasteiger partial charge in [-0.05, 0) is 97.1 Å². The van der Waals surface area contributed by atoms with Crippen LogP contribution in [0.4, 0.5) is 56.9 Å². The molecule has 0 radical (unpaired) electrons. The third-order valence-corrected chi connectivity index (χ3v) is 14.8. The molecule has 6 aromatic carbocycles. The maximum Gasteiger partial charge on any atom is 0.296 e. The maximum atomic E-state index is 13.2. The number of benzene rings is 6. The molecule has 0 atom stereocenters. The molecule has 34 heteroatoms. The van der Waals surface area contributed by atoms with E-state index < -0.39 is 101 Å². The van der Waals surface area contributed by atoms with Gasteiger partial charge in [-0.15, -0.1) is 29.1 Å². The van der Waals surface area contributed by atoms with Gasteiger partial charge < -0.3 is 22.3 Å². The Bertz CT molecular complexity index is 3500. The molecule has 0 aliphatic rings. The van der Waals surface area contributed by atoms with E-state index in [4.69, 9.17) is 31.9 Å². The van der Waals surface area contributed by atoms with Crippen LogP contribution >= 0.6 is 24.4 Å². The first-order valence-corrected chi connectivity index (χ1v) is 25.9. The van der Waals surface area contributed by atoms with Gasteiger partial charge in [-0.3, -0.25) is 18.0 Å². The molecule has 0 bridgehead atoms. The number of aromatic hydroxyl groups is 1. The number of nitrogens with two attached hydrogens (primary N) is 3. The standard InChI is InChI=1S/C36H32N10O18S6/c37-19-1-11-27(26(38)15-19)42-40-20-2-4-22(5-3-20)46-68(52,53)23-8-6-21(7-9-23)41-45-35-32(70(57,58)59)17-25-30(65-63-61-48)18-29(34(39)33(25)36(35)47)44-43-28-12-10-24(16-31(28)69(54,55)56)67(50,51)14-13-60-66-64-62-49/h1-12,15-18,46-49H,13-14,37-39H2,(H,54,55,56)(H,57,58,59). The summed E-state index contributed by atoms with van der Waals surface area (Å²) in [5.41, 5.74) is 17.0. The maximum absolute atomic E-state index is 13.2. The van der Waals surface area contributed by atoms with Crippen molar-refractivity contribution in [3.8, 4) is 5.75 Å². The van der Waals surface area contributed by atoms with Gasteiger partial charge >= 0.3 is 0 Å². The molecule has 0 heterocycles. The van der Waals surface area contributed by atoms with E-state index in [0.717, 1.165) is 36.4 Å². The third-order valence-electron chi connectivity index (χ3n) is 8.98. The van der Waals surface area contributed by atoms with E-state index >= 15 is 0 Å². The smallest absolute Gasteiger partial charge is 0.296 e. The summed E-state index contributed by atoms with van der Waals surface area (Å²) in [5.74, 6) is -1.81. The number of azo groups is 3. The molecule has 6 aromatic rings. The van der Waals surface area contributed by atoms with Crippen LogP contribution in [0.3, 0.4) is 0 Å². The molecular weight excluding hydrogens is 1050 g/mol. The van der Waals surface area contributed by atoms with Crippen molar-refractivity contribution in [1.29, 1.82) is 0 Å². The summed E-state index contributed by atoms with van der Waals surface area (Å²) in [7, 11) is -19.0. The highest BCUT2D eigenvalue weighted by Gasteiger charge is 2.27. The van der Waals surface area contributed by atoms with Crippen LogP contribution in [0.25, 0.3) is 10.8 Å². The van der Waals surface area contributed by atoms with Gasteiger partial charge in [-0.1, -0.05) is 10.1 Å². The first kappa shape index (κ1) is 52.9. The van der Waals surface area contributed by atoms with Crippen molar-refractivity contribution in [2.24, 2.45) is 30.7 Å². The Morgan fingerprint density at radius 1 is 0.614 bits per heavy atom. The van der Waals surface area contributed by atoms with Crippen LogP contribution in [-0.2, 0) is 63.0 Å². The number of sulfone groups is 1. The molecule has 0 amide bonds. The van der Waals surface area contributed by atoms with Gasteiger partial charge in [-0.2, -0.15) is 27.1 Å².